The third-order valence-corrected chi connectivity index (χ3v) is 3.86. The highest BCUT2D eigenvalue weighted by atomic mass is 127. The predicted molar refractivity (Wildman–Crippen MR) is 96.9 cm³/mol. The molecule has 0 saturated heterocycles. The Balaban J connectivity index is 0.00000200. The van der Waals surface area contributed by atoms with E-state index in [1.807, 2.05) is 7.05 Å². The summed E-state index contributed by atoms with van der Waals surface area (Å²) in [5.41, 5.74) is 3.98. The van der Waals surface area contributed by atoms with Crippen LogP contribution in [0.3, 0.4) is 0 Å². The minimum absolute atomic E-state index is 0. The smallest absolute Gasteiger partial charge is 0.191 e. The van der Waals surface area contributed by atoms with Crippen LogP contribution in [0.4, 0.5) is 0 Å². The van der Waals surface area contributed by atoms with Gasteiger partial charge in [-0.1, -0.05) is 36.6 Å². The van der Waals surface area contributed by atoms with Gasteiger partial charge in [-0.3, -0.25) is 4.99 Å². The monoisotopic (exact) mass is 387 g/mol. The number of aryl methyl sites for hydroxylation is 2. The highest BCUT2D eigenvalue weighted by Gasteiger charge is 2.15. The van der Waals surface area contributed by atoms with Gasteiger partial charge in [-0.15, -0.1) is 24.0 Å². The molecule has 3 nitrogen and oxygen atoms in total. The average molecular weight is 387 g/mol. The average Bonchev–Trinajstić information content (AvgIpc) is 2.89. The van der Waals surface area contributed by atoms with Gasteiger partial charge in [0.25, 0.3) is 0 Å². The number of rotatable bonds is 3. The molecule has 0 bridgehead atoms. The lowest BCUT2D eigenvalue weighted by Crippen LogP contribution is -2.42. The molecule has 0 radical (unpaired) electrons. The molecule has 0 heterocycles. The van der Waals surface area contributed by atoms with Crippen molar-refractivity contribution in [3.63, 3.8) is 0 Å². The number of aliphatic imine (C=N–C) groups is 1. The summed E-state index contributed by atoms with van der Waals surface area (Å²) < 4.78 is 0. The Morgan fingerprint density at radius 3 is 2.55 bits per heavy atom. The fraction of sp³-hybridized carbons (Fsp3) is 0.562. The number of halogens is 1. The molecule has 0 aliphatic heterocycles. The molecule has 1 aromatic rings. The summed E-state index contributed by atoms with van der Waals surface area (Å²) in [6.07, 6.45) is 5.21. The predicted octanol–water partition coefficient (Wildman–Crippen LogP) is 3.53. The SMILES string of the molecule is CN=C(NCc1ccc(C)cc1C)NC1CCCC1.I. The molecule has 0 unspecified atom stereocenters. The number of nitrogens with zero attached hydrogens (tertiary/aromatic N) is 1. The quantitative estimate of drug-likeness (QED) is 0.473. The lowest BCUT2D eigenvalue weighted by atomic mass is 10.1. The molecular formula is C16H26IN3. The molecule has 4 heteroatoms. The van der Waals surface area contributed by atoms with Crippen molar-refractivity contribution < 1.29 is 0 Å². The summed E-state index contributed by atoms with van der Waals surface area (Å²) >= 11 is 0. The van der Waals surface area contributed by atoms with E-state index in [2.05, 4.69) is 47.7 Å². The van der Waals surface area contributed by atoms with E-state index in [0.29, 0.717) is 6.04 Å². The van der Waals surface area contributed by atoms with E-state index in [1.54, 1.807) is 0 Å². The molecule has 0 aromatic heterocycles. The van der Waals surface area contributed by atoms with E-state index in [1.165, 1.54) is 42.4 Å². The summed E-state index contributed by atoms with van der Waals surface area (Å²) in [6.45, 7) is 5.13. The molecule has 20 heavy (non-hydrogen) atoms. The van der Waals surface area contributed by atoms with Crippen molar-refractivity contribution in [2.45, 2.75) is 52.1 Å². The van der Waals surface area contributed by atoms with Crippen molar-refractivity contribution in [2.75, 3.05) is 7.05 Å². The van der Waals surface area contributed by atoms with Gasteiger partial charge >= 0.3 is 0 Å². The Morgan fingerprint density at radius 1 is 1.25 bits per heavy atom. The standard InChI is InChI=1S/C16H25N3.HI/c1-12-8-9-14(13(2)10-12)11-18-16(17-3)19-15-6-4-5-7-15;/h8-10,15H,4-7,11H2,1-3H3,(H2,17,18,19);1H. The van der Waals surface area contributed by atoms with Gasteiger partial charge in [0.15, 0.2) is 5.96 Å². The Labute approximate surface area is 139 Å². The Bertz CT molecular complexity index is 451. The van der Waals surface area contributed by atoms with E-state index in [4.69, 9.17) is 0 Å². The number of guanidine groups is 1. The van der Waals surface area contributed by atoms with Crippen molar-refractivity contribution in [2.24, 2.45) is 4.99 Å². The Kier molecular flexibility index (Phi) is 7.34. The largest absolute Gasteiger partial charge is 0.354 e. The van der Waals surface area contributed by atoms with Crippen LogP contribution in [-0.4, -0.2) is 19.0 Å². The summed E-state index contributed by atoms with van der Waals surface area (Å²) in [5.74, 6) is 0.923. The number of benzene rings is 1. The molecule has 1 saturated carbocycles. The van der Waals surface area contributed by atoms with E-state index in [9.17, 15) is 0 Å². The van der Waals surface area contributed by atoms with Crippen LogP contribution >= 0.6 is 24.0 Å². The zero-order valence-electron chi connectivity index (χ0n) is 12.7. The molecule has 1 aliphatic rings. The second-order valence-electron chi connectivity index (χ2n) is 5.48. The van der Waals surface area contributed by atoms with Crippen molar-refractivity contribution in [1.82, 2.24) is 10.6 Å². The van der Waals surface area contributed by atoms with Gasteiger partial charge in [0, 0.05) is 19.6 Å². The van der Waals surface area contributed by atoms with Crippen LogP contribution in [0.25, 0.3) is 0 Å². The van der Waals surface area contributed by atoms with Crippen LogP contribution < -0.4 is 10.6 Å². The summed E-state index contributed by atoms with van der Waals surface area (Å²) in [4.78, 5) is 4.31. The Hall–Kier alpha value is -0.780. The number of nitrogens with one attached hydrogen (secondary N) is 2. The van der Waals surface area contributed by atoms with E-state index in [0.717, 1.165) is 12.5 Å². The highest BCUT2D eigenvalue weighted by Crippen LogP contribution is 2.17. The maximum absolute atomic E-state index is 4.31. The minimum atomic E-state index is 0. The van der Waals surface area contributed by atoms with Crippen molar-refractivity contribution >= 4 is 29.9 Å². The van der Waals surface area contributed by atoms with Gasteiger partial charge in [-0.25, -0.2) is 0 Å². The molecular weight excluding hydrogens is 361 g/mol. The zero-order valence-corrected chi connectivity index (χ0v) is 15.0. The summed E-state index contributed by atoms with van der Waals surface area (Å²) in [7, 11) is 1.84. The normalized spacial score (nSPS) is 15.8. The van der Waals surface area contributed by atoms with Gasteiger partial charge in [0.1, 0.15) is 0 Å². The fourth-order valence-corrected chi connectivity index (χ4v) is 2.68. The topological polar surface area (TPSA) is 36.4 Å². The fourth-order valence-electron chi connectivity index (χ4n) is 2.68. The molecule has 2 rings (SSSR count). The van der Waals surface area contributed by atoms with Crippen LogP contribution in [0.15, 0.2) is 23.2 Å². The molecule has 0 spiro atoms. The lowest BCUT2D eigenvalue weighted by molar-refractivity contribution is 0.613. The first kappa shape index (κ1) is 17.3. The second-order valence-corrected chi connectivity index (χ2v) is 5.48. The van der Waals surface area contributed by atoms with Crippen molar-refractivity contribution in [3.8, 4) is 0 Å². The number of hydrogen-bond acceptors (Lipinski definition) is 1. The highest BCUT2D eigenvalue weighted by molar-refractivity contribution is 14.0. The summed E-state index contributed by atoms with van der Waals surface area (Å²) in [5, 5.41) is 6.92. The van der Waals surface area contributed by atoms with Gasteiger partial charge in [-0.05, 0) is 37.8 Å². The first-order chi connectivity index (χ1) is 9.19. The Morgan fingerprint density at radius 2 is 1.95 bits per heavy atom. The molecule has 0 atom stereocenters. The second kappa shape index (κ2) is 8.49. The van der Waals surface area contributed by atoms with Crippen LogP contribution in [0.5, 0.6) is 0 Å². The molecule has 1 aliphatic carbocycles. The van der Waals surface area contributed by atoms with Crippen LogP contribution in [0.1, 0.15) is 42.4 Å². The third-order valence-electron chi connectivity index (χ3n) is 3.86. The minimum Gasteiger partial charge on any atom is -0.354 e. The van der Waals surface area contributed by atoms with Crippen LogP contribution in [0, 0.1) is 13.8 Å². The van der Waals surface area contributed by atoms with Gasteiger partial charge in [0.2, 0.25) is 0 Å². The molecule has 1 aromatic carbocycles. The molecule has 1 fully saturated rings. The third kappa shape index (κ3) is 4.96. The maximum atomic E-state index is 4.31. The first-order valence-corrected chi connectivity index (χ1v) is 7.22. The van der Waals surface area contributed by atoms with E-state index < -0.39 is 0 Å². The lowest BCUT2D eigenvalue weighted by Gasteiger charge is -2.17. The zero-order chi connectivity index (χ0) is 13.7. The van der Waals surface area contributed by atoms with Crippen molar-refractivity contribution in [1.29, 1.82) is 0 Å². The number of hydrogen-bond donors (Lipinski definition) is 2. The maximum Gasteiger partial charge on any atom is 0.191 e. The van der Waals surface area contributed by atoms with E-state index in [-0.39, 0.29) is 24.0 Å². The molecule has 2 N–H and O–H groups in total. The van der Waals surface area contributed by atoms with E-state index >= 15 is 0 Å². The van der Waals surface area contributed by atoms with Gasteiger partial charge < -0.3 is 10.6 Å². The molecule has 112 valence electrons. The van der Waals surface area contributed by atoms with Crippen LogP contribution in [-0.2, 0) is 6.54 Å². The van der Waals surface area contributed by atoms with Gasteiger partial charge in [0.05, 0.1) is 0 Å². The summed E-state index contributed by atoms with van der Waals surface area (Å²) in [6, 6.07) is 7.19. The molecule has 0 amide bonds. The van der Waals surface area contributed by atoms with Crippen molar-refractivity contribution in [3.05, 3.63) is 34.9 Å². The van der Waals surface area contributed by atoms with Gasteiger partial charge in [-0.2, -0.15) is 0 Å². The first-order valence-electron chi connectivity index (χ1n) is 7.22. The van der Waals surface area contributed by atoms with Crippen LogP contribution in [0.2, 0.25) is 0 Å².